The number of nitrogens with one attached hydrogen (secondary N) is 1. The van der Waals surface area contributed by atoms with E-state index in [9.17, 15) is 9.59 Å². The van der Waals surface area contributed by atoms with Crippen molar-refractivity contribution in [1.29, 1.82) is 0 Å². The summed E-state index contributed by atoms with van der Waals surface area (Å²) in [4.78, 5) is 33.7. The van der Waals surface area contributed by atoms with Gasteiger partial charge in [-0.1, -0.05) is 13.8 Å². The summed E-state index contributed by atoms with van der Waals surface area (Å²) in [6.07, 6.45) is 6.79. The minimum atomic E-state index is -0.0495. The number of aromatic nitrogens is 1. The van der Waals surface area contributed by atoms with E-state index in [1.54, 1.807) is 6.20 Å². The van der Waals surface area contributed by atoms with Crippen LogP contribution in [0, 0.1) is 17.8 Å². The van der Waals surface area contributed by atoms with Gasteiger partial charge in [-0.05, 0) is 55.6 Å². The van der Waals surface area contributed by atoms with E-state index in [-0.39, 0.29) is 5.91 Å². The number of hydrogen-bond acceptors (Lipinski definition) is 4. The number of amides is 2. The monoisotopic (exact) mass is 384 g/mol. The molecule has 2 amide bonds. The van der Waals surface area contributed by atoms with Crippen molar-refractivity contribution in [1.82, 2.24) is 15.2 Å². The zero-order valence-corrected chi connectivity index (χ0v) is 17.1. The van der Waals surface area contributed by atoms with E-state index >= 15 is 0 Å². The third-order valence-electron chi connectivity index (χ3n) is 6.52. The highest BCUT2D eigenvalue weighted by Crippen LogP contribution is 2.38. The van der Waals surface area contributed by atoms with E-state index in [1.807, 2.05) is 12.1 Å². The predicted octanol–water partition coefficient (Wildman–Crippen LogP) is 2.69. The summed E-state index contributed by atoms with van der Waals surface area (Å²) < 4.78 is 0. The van der Waals surface area contributed by atoms with Gasteiger partial charge in [0.1, 0.15) is 5.82 Å². The third-order valence-corrected chi connectivity index (χ3v) is 6.52. The molecule has 3 fully saturated rings. The van der Waals surface area contributed by atoms with Crippen molar-refractivity contribution < 1.29 is 9.59 Å². The van der Waals surface area contributed by atoms with E-state index in [2.05, 4.69) is 33.9 Å². The SMILES string of the molecule is CC(C)CCNC(=O)c1ccc(N2C[C@H]3C[C@H](C2)[C@H]2CCCC(=O)N2C3)nc1. The minimum Gasteiger partial charge on any atom is -0.356 e. The van der Waals surface area contributed by atoms with Crippen LogP contribution in [-0.4, -0.2) is 53.9 Å². The first kappa shape index (κ1) is 19.2. The van der Waals surface area contributed by atoms with Crippen molar-refractivity contribution in [2.24, 2.45) is 17.8 Å². The van der Waals surface area contributed by atoms with Gasteiger partial charge in [-0.15, -0.1) is 0 Å². The molecule has 4 rings (SSSR count). The van der Waals surface area contributed by atoms with E-state index in [1.165, 1.54) is 6.42 Å². The number of carbonyl (C=O) groups excluding carboxylic acids is 2. The Morgan fingerprint density at radius 1 is 1.29 bits per heavy atom. The Bertz CT molecular complexity index is 718. The van der Waals surface area contributed by atoms with Crippen LogP contribution in [0.15, 0.2) is 18.3 Å². The number of carbonyl (C=O) groups is 2. The second kappa shape index (κ2) is 8.10. The molecule has 3 saturated heterocycles. The molecule has 2 bridgehead atoms. The molecule has 0 saturated carbocycles. The Balaban J connectivity index is 1.39. The van der Waals surface area contributed by atoms with E-state index in [0.29, 0.717) is 41.8 Å². The zero-order valence-electron chi connectivity index (χ0n) is 17.1. The van der Waals surface area contributed by atoms with Crippen LogP contribution in [0.4, 0.5) is 5.82 Å². The Hall–Kier alpha value is -2.11. The zero-order chi connectivity index (χ0) is 19.7. The second-order valence-electron chi connectivity index (χ2n) is 9.12. The van der Waals surface area contributed by atoms with Gasteiger partial charge in [-0.3, -0.25) is 9.59 Å². The average Bonchev–Trinajstić information content (AvgIpc) is 2.68. The molecule has 3 aliphatic rings. The van der Waals surface area contributed by atoms with Crippen molar-refractivity contribution >= 4 is 17.6 Å². The van der Waals surface area contributed by atoms with Crippen LogP contribution in [-0.2, 0) is 4.79 Å². The number of hydrogen-bond donors (Lipinski definition) is 1. The van der Waals surface area contributed by atoms with Gasteiger partial charge >= 0.3 is 0 Å². The smallest absolute Gasteiger partial charge is 0.252 e. The third kappa shape index (κ3) is 4.01. The number of piperidine rings is 3. The van der Waals surface area contributed by atoms with E-state index in [4.69, 9.17) is 0 Å². The molecular formula is C22H32N4O2. The van der Waals surface area contributed by atoms with Crippen LogP contribution < -0.4 is 10.2 Å². The molecule has 1 N–H and O–H groups in total. The quantitative estimate of drug-likeness (QED) is 0.848. The van der Waals surface area contributed by atoms with Gasteiger partial charge in [0.15, 0.2) is 0 Å². The lowest BCUT2D eigenvalue weighted by molar-refractivity contribution is -0.142. The molecule has 3 atom stereocenters. The van der Waals surface area contributed by atoms with E-state index < -0.39 is 0 Å². The molecule has 6 nitrogen and oxygen atoms in total. The molecule has 0 radical (unpaired) electrons. The molecule has 4 heterocycles. The molecule has 3 aliphatic heterocycles. The fraction of sp³-hybridized carbons (Fsp3) is 0.682. The lowest BCUT2D eigenvalue weighted by Gasteiger charge is -2.52. The van der Waals surface area contributed by atoms with Gasteiger partial charge in [-0.25, -0.2) is 4.98 Å². The number of nitrogens with zero attached hydrogens (tertiary/aromatic N) is 3. The maximum absolute atomic E-state index is 12.3. The lowest BCUT2D eigenvalue weighted by Crippen LogP contribution is -2.60. The summed E-state index contributed by atoms with van der Waals surface area (Å²) in [5.41, 5.74) is 0.619. The van der Waals surface area contributed by atoms with Crippen LogP contribution in [0.25, 0.3) is 0 Å². The van der Waals surface area contributed by atoms with Crippen LogP contribution in [0.3, 0.4) is 0 Å². The van der Waals surface area contributed by atoms with Crippen molar-refractivity contribution in [2.45, 2.75) is 52.0 Å². The first-order chi connectivity index (χ1) is 13.5. The summed E-state index contributed by atoms with van der Waals surface area (Å²) in [7, 11) is 0. The number of fused-ring (bicyclic) bond motifs is 4. The molecule has 28 heavy (non-hydrogen) atoms. The standard InChI is InChI=1S/C22H32N4O2/c1-15(2)8-9-23-22(28)17-6-7-20(24-11-17)25-12-16-10-18(14-25)19-4-3-5-21(27)26(19)13-16/h6-7,11,15-16,18-19H,3-5,8-10,12-14H2,1-2H3,(H,23,28)/t16-,18-,19-/m1/s1. The van der Waals surface area contributed by atoms with Crippen molar-refractivity contribution in [3.63, 3.8) is 0 Å². The molecule has 0 unspecified atom stereocenters. The summed E-state index contributed by atoms with van der Waals surface area (Å²) in [5, 5.41) is 2.97. The summed E-state index contributed by atoms with van der Waals surface area (Å²) in [5.74, 6) is 2.89. The Morgan fingerprint density at radius 3 is 2.89 bits per heavy atom. The predicted molar refractivity (Wildman–Crippen MR) is 109 cm³/mol. The maximum Gasteiger partial charge on any atom is 0.252 e. The Kier molecular flexibility index (Phi) is 5.56. The first-order valence-corrected chi connectivity index (χ1v) is 10.8. The summed E-state index contributed by atoms with van der Waals surface area (Å²) in [6.45, 7) is 7.80. The second-order valence-corrected chi connectivity index (χ2v) is 9.12. The minimum absolute atomic E-state index is 0.0495. The topological polar surface area (TPSA) is 65.5 Å². The molecule has 1 aromatic heterocycles. The van der Waals surface area contributed by atoms with Crippen molar-refractivity contribution in [3.05, 3.63) is 23.9 Å². The van der Waals surface area contributed by atoms with Gasteiger partial charge in [0, 0.05) is 44.8 Å². The van der Waals surface area contributed by atoms with E-state index in [0.717, 1.165) is 51.1 Å². The van der Waals surface area contributed by atoms with Gasteiger partial charge < -0.3 is 15.1 Å². The van der Waals surface area contributed by atoms with Crippen molar-refractivity contribution in [2.75, 3.05) is 31.1 Å². The fourth-order valence-electron chi connectivity index (χ4n) is 5.08. The molecule has 0 aromatic carbocycles. The largest absolute Gasteiger partial charge is 0.356 e. The summed E-state index contributed by atoms with van der Waals surface area (Å²) >= 11 is 0. The maximum atomic E-state index is 12.3. The number of pyridine rings is 1. The van der Waals surface area contributed by atoms with Gasteiger partial charge in [0.25, 0.3) is 5.91 Å². The van der Waals surface area contributed by atoms with Gasteiger partial charge in [-0.2, -0.15) is 0 Å². The fourth-order valence-corrected chi connectivity index (χ4v) is 5.08. The highest BCUT2D eigenvalue weighted by molar-refractivity contribution is 5.94. The van der Waals surface area contributed by atoms with Crippen molar-refractivity contribution in [3.8, 4) is 0 Å². The van der Waals surface area contributed by atoms with Crippen LogP contribution in [0.5, 0.6) is 0 Å². The average molecular weight is 385 g/mol. The van der Waals surface area contributed by atoms with Gasteiger partial charge in [0.2, 0.25) is 5.91 Å². The Labute approximate surface area is 167 Å². The molecule has 0 spiro atoms. The molecular weight excluding hydrogens is 352 g/mol. The Morgan fingerprint density at radius 2 is 2.14 bits per heavy atom. The molecule has 1 aromatic rings. The van der Waals surface area contributed by atoms with Crippen LogP contribution in [0.1, 0.15) is 56.3 Å². The van der Waals surface area contributed by atoms with Gasteiger partial charge in [0.05, 0.1) is 5.56 Å². The number of rotatable bonds is 5. The molecule has 6 heteroatoms. The highest BCUT2D eigenvalue weighted by Gasteiger charge is 2.44. The molecule has 0 aliphatic carbocycles. The summed E-state index contributed by atoms with van der Waals surface area (Å²) in [6, 6.07) is 4.27. The normalized spacial score (nSPS) is 27.0. The first-order valence-electron chi connectivity index (χ1n) is 10.8. The number of anilines is 1. The van der Waals surface area contributed by atoms with Crippen LogP contribution >= 0.6 is 0 Å². The van der Waals surface area contributed by atoms with Crippen LogP contribution in [0.2, 0.25) is 0 Å². The lowest BCUT2D eigenvalue weighted by atomic mass is 9.76. The molecule has 152 valence electrons. The highest BCUT2D eigenvalue weighted by atomic mass is 16.2.